The number of benzene rings is 3. The molecule has 12 heteroatoms. The average molecular weight is 571 g/mol. The lowest BCUT2D eigenvalue weighted by molar-refractivity contribution is -0.253. The SMILES string of the molecule is CC(=O)OC(P)CC(=O)N[C@](Cc1ccccc1)(c1ccc(F)cc1)c1cc(F)cc(OC(F)(F)C(F)F)c1. The molecular weight excluding hydrogens is 547 g/mol. The minimum atomic E-state index is -4.93. The van der Waals surface area contributed by atoms with E-state index in [4.69, 9.17) is 4.74 Å². The lowest BCUT2D eigenvalue weighted by Crippen LogP contribution is -2.49. The highest BCUT2D eigenvalue weighted by molar-refractivity contribution is 7.17. The highest BCUT2D eigenvalue weighted by Crippen LogP contribution is 2.38. The summed E-state index contributed by atoms with van der Waals surface area (Å²) in [5, 5.41) is 2.75. The number of amides is 1. The number of hydrogen-bond donors (Lipinski definition) is 1. The molecule has 1 amide bonds. The van der Waals surface area contributed by atoms with E-state index in [1.165, 1.54) is 12.1 Å². The summed E-state index contributed by atoms with van der Waals surface area (Å²) < 4.78 is 90.8. The number of carbonyl (C=O) groups is 2. The monoisotopic (exact) mass is 571 g/mol. The lowest BCUT2D eigenvalue weighted by Gasteiger charge is -2.37. The number of halogens is 6. The molecular formula is C27H24F6NO4P. The highest BCUT2D eigenvalue weighted by atomic mass is 31.0. The summed E-state index contributed by atoms with van der Waals surface area (Å²) in [5.74, 6) is -4.97. The van der Waals surface area contributed by atoms with Gasteiger partial charge in [0.15, 0.2) is 0 Å². The predicted molar refractivity (Wildman–Crippen MR) is 133 cm³/mol. The predicted octanol–water partition coefficient (Wildman–Crippen LogP) is 5.96. The van der Waals surface area contributed by atoms with Crippen molar-refractivity contribution in [3.63, 3.8) is 0 Å². The van der Waals surface area contributed by atoms with Crippen molar-refractivity contribution in [2.75, 3.05) is 0 Å². The Morgan fingerprint density at radius 2 is 1.56 bits per heavy atom. The molecule has 0 aromatic heterocycles. The van der Waals surface area contributed by atoms with E-state index < -0.39 is 53.2 Å². The Morgan fingerprint density at radius 3 is 2.15 bits per heavy atom. The van der Waals surface area contributed by atoms with Gasteiger partial charge in [0.25, 0.3) is 0 Å². The maximum atomic E-state index is 14.8. The van der Waals surface area contributed by atoms with Gasteiger partial charge in [-0.2, -0.15) is 17.6 Å². The van der Waals surface area contributed by atoms with Gasteiger partial charge >= 0.3 is 18.5 Å². The van der Waals surface area contributed by atoms with Gasteiger partial charge in [0.1, 0.15) is 23.2 Å². The van der Waals surface area contributed by atoms with Crippen LogP contribution >= 0.6 is 9.24 Å². The van der Waals surface area contributed by atoms with Gasteiger partial charge in [-0.1, -0.05) is 51.7 Å². The summed E-state index contributed by atoms with van der Waals surface area (Å²) in [6, 6.07) is 15.6. The zero-order valence-electron chi connectivity index (χ0n) is 20.5. The first-order chi connectivity index (χ1) is 18.3. The molecule has 0 aliphatic rings. The molecule has 0 aliphatic heterocycles. The van der Waals surface area contributed by atoms with Crippen LogP contribution in [0.1, 0.15) is 30.0 Å². The summed E-state index contributed by atoms with van der Waals surface area (Å²) in [4.78, 5) is 24.5. The van der Waals surface area contributed by atoms with Gasteiger partial charge in [0, 0.05) is 19.4 Å². The number of carbonyl (C=O) groups excluding carboxylic acids is 2. The van der Waals surface area contributed by atoms with Crippen LogP contribution in [-0.2, 0) is 26.3 Å². The van der Waals surface area contributed by atoms with Crippen LogP contribution in [0.5, 0.6) is 5.75 Å². The number of nitrogens with one attached hydrogen (secondary N) is 1. The molecule has 5 nitrogen and oxygen atoms in total. The van der Waals surface area contributed by atoms with Crippen molar-refractivity contribution in [1.29, 1.82) is 0 Å². The smallest absolute Gasteiger partial charge is 0.458 e. The Kier molecular flexibility index (Phi) is 9.61. The molecule has 0 fully saturated rings. The number of hydrogen-bond acceptors (Lipinski definition) is 4. The van der Waals surface area contributed by atoms with E-state index in [1.54, 1.807) is 30.3 Å². The minimum Gasteiger partial charge on any atom is -0.458 e. The maximum absolute atomic E-state index is 14.8. The second-order valence-electron chi connectivity index (χ2n) is 8.61. The van der Waals surface area contributed by atoms with E-state index in [2.05, 4.69) is 19.3 Å². The molecule has 1 N–H and O–H groups in total. The Bertz CT molecular complexity index is 1290. The summed E-state index contributed by atoms with van der Waals surface area (Å²) in [6.07, 6.45) is -9.60. The molecule has 0 saturated carbocycles. The third-order valence-corrected chi connectivity index (χ3v) is 5.95. The third-order valence-electron chi connectivity index (χ3n) is 5.58. The normalized spacial score (nSPS) is 13.9. The van der Waals surface area contributed by atoms with Gasteiger partial charge < -0.3 is 14.8 Å². The second kappa shape index (κ2) is 12.5. The number of esters is 1. The largest absolute Gasteiger partial charge is 0.461 e. The van der Waals surface area contributed by atoms with Gasteiger partial charge in [0.05, 0.1) is 12.0 Å². The van der Waals surface area contributed by atoms with Crippen LogP contribution in [0.15, 0.2) is 72.8 Å². The Hall–Kier alpha value is -3.59. The van der Waals surface area contributed by atoms with Crippen molar-refractivity contribution in [2.24, 2.45) is 0 Å². The van der Waals surface area contributed by atoms with Crippen LogP contribution in [0.3, 0.4) is 0 Å². The fourth-order valence-corrected chi connectivity index (χ4v) is 4.40. The van der Waals surface area contributed by atoms with Crippen molar-refractivity contribution < 1.29 is 45.4 Å². The third kappa shape index (κ3) is 7.95. The Balaban J connectivity index is 2.21. The molecule has 0 radical (unpaired) electrons. The summed E-state index contributed by atoms with van der Waals surface area (Å²) in [7, 11) is 2.18. The quantitative estimate of drug-likeness (QED) is 0.175. The van der Waals surface area contributed by atoms with Crippen molar-refractivity contribution in [3.8, 4) is 5.75 Å². The standard InChI is InChI=1S/C27H24F6NO4P/c1-16(35)37-24(39)14-23(36)34-26(15-17-5-3-2-4-6-17,18-7-9-20(28)10-8-18)19-11-21(29)13-22(12-19)38-27(32,33)25(30)31/h2-13,24-25H,14-15,39H2,1H3,(H,34,36)/t24?,26-/m1/s1. The average Bonchev–Trinajstić information content (AvgIpc) is 2.83. The van der Waals surface area contributed by atoms with Gasteiger partial charge in [-0.05, 0) is 41.0 Å². The first-order valence-corrected chi connectivity index (χ1v) is 12.2. The lowest BCUT2D eigenvalue weighted by atomic mass is 9.77. The van der Waals surface area contributed by atoms with E-state index >= 15 is 0 Å². The molecule has 3 aromatic rings. The van der Waals surface area contributed by atoms with Crippen LogP contribution < -0.4 is 10.1 Å². The fraction of sp³-hybridized carbons (Fsp3) is 0.259. The molecule has 0 heterocycles. The molecule has 0 aliphatic carbocycles. The molecule has 3 atom stereocenters. The molecule has 0 bridgehead atoms. The topological polar surface area (TPSA) is 64.6 Å². The summed E-state index contributed by atoms with van der Waals surface area (Å²) in [6.45, 7) is 1.15. The number of alkyl halides is 4. The van der Waals surface area contributed by atoms with Gasteiger partial charge in [-0.15, -0.1) is 0 Å². The van der Waals surface area contributed by atoms with Crippen LogP contribution in [0.4, 0.5) is 26.3 Å². The van der Waals surface area contributed by atoms with E-state index in [1.807, 2.05) is 0 Å². The zero-order chi connectivity index (χ0) is 28.8. The van der Waals surface area contributed by atoms with E-state index in [-0.39, 0.29) is 24.0 Å². The molecule has 0 saturated heterocycles. The fourth-order valence-electron chi connectivity index (χ4n) is 3.99. The zero-order valence-corrected chi connectivity index (χ0v) is 21.6. The van der Waals surface area contributed by atoms with E-state index in [0.717, 1.165) is 31.2 Å². The van der Waals surface area contributed by atoms with Crippen molar-refractivity contribution in [2.45, 2.75) is 43.7 Å². The molecule has 3 aromatic carbocycles. The second-order valence-corrected chi connectivity index (χ2v) is 9.36. The van der Waals surface area contributed by atoms with Gasteiger partial charge in [0.2, 0.25) is 5.91 Å². The van der Waals surface area contributed by atoms with Gasteiger partial charge in [-0.3, -0.25) is 9.59 Å². The van der Waals surface area contributed by atoms with Crippen LogP contribution in [-0.4, -0.2) is 30.3 Å². The van der Waals surface area contributed by atoms with E-state index in [9.17, 15) is 35.9 Å². The Morgan fingerprint density at radius 1 is 0.923 bits per heavy atom. The maximum Gasteiger partial charge on any atom is 0.461 e. The van der Waals surface area contributed by atoms with Gasteiger partial charge in [-0.25, -0.2) is 8.78 Å². The van der Waals surface area contributed by atoms with Crippen molar-refractivity contribution >= 4 is 21.1 Å². The molecule has 208 valence electrons. The first kappa shape index (κ1) is 30.0. The molecule has 0 spiro atoms. The number of ether oxygens (including phenoxy) is 2. The Labute approximate surface area is 222 Å². The first-order valence-electron chi connectivity index (χ1n) is 11.5. The molecule has 3 rings (SSSR count). The number of rotatable bonds is 11. The molecule has 39 heavy (non-hydrogen) atoms. The summed E-state index contributed by atoms with van der Waals surface area (Å²) in [5.41, 5.74) is -1.09. The summed E-state index contributed by atoms with van der Waals surface area (Å²) >= 11 is 0. The van der Waals surface area contributed by atoms with Crippen LogP contribution in [0, 0.1) is 11.6 Å². The minimum absolute atomic E-state index is 0.103. The van der Waals surface area contributed by atoms with Crippen molar-refractivity contribution in [1.82, 2.24) is 5.32 Å². The molecule has 2 unspecified atom stereocenters. The van der Waals surface area contributed by atoms with Crippen molar-refractivity contribution in [3.05, 3.63) is 101 Å². The van der Waals surface area contributed by atoms with Crippen LogP contribution in [0.25, 0.3) is 0 Å². The van der Waals surface area contributed by atoms with Crippen LogP contribution in [0.2, 0.25) is 0 Å². The highest BCUT2D eigenvalue weighted by Gasteiger charge is 2.45. The van der Waals surface area contributed by atoms with E-state index in [0.29, 0.717) is 11.6 Å².